The summed E-state index contributed by atoms with van der Waals surface area (Å²) in [7, 11) is 0. The lowest BCUT2D eigenvalue weighted by molar-refractivity contribution is -0.266. The fourth-order valence-electron chi connectivity index (χ4n) is 7.51. The number of ether oxygens (including phenoxy) is 3. The average Bonchev–Trinajstić information content (AvgIpc) is 2.89. The van der Waals surface area contributed by atoms with Crippen LogP contribution in [-0.4, -0.2) is 54.2 Å². The van der Waals surface area contributed by atoms with Crippen LogP contribution in [0.5, 0.6) is 0 Å². The van der Waals surface area contributed by atoms with Crippen LogP contribution in [0.3, 0.4) is 0 Å². The Hall–Kier alpha value is -2.22. The smallest absolute Gasteiger partial charge is 0.316 e. The molecular weight excluding hydrogens is 416 g/mol. The monoisotopic (exact) mass is 448 g/mol. The second kappa shape index (κ2) is 7.40. The minimum Gasteiger partial charge on any atom is -0.464 e. The van der Waals surface area contributed by atoms with Gasteiger partial charge in [0.05, 0.1) is 11.5 Å². The number of aliphatic hydroxyl groups excluding tert-OH is 1. The van der Waals surface area contributed by atoms with Crippen LogP contribution >= 0.6 is 0 Å². The van der Waals surface area contributed by atoms with Crippen molar-refractivity contribution in [3.8, 4) is 0 Å². The normalized spacial score (nSPS) is 44.4. The molecule has 1 saturated heterocycles. The average molecular weight is 449 g/mol. The summed E-state index contributed by atoms with van der Waals surface area (Å²) < 4.78 is 17.2. The van der Waals surface area contributed by atoms with Gasteiger partial charge in [0.15, 0.2) is 0 Å². The van der Waals surface area contributed by atoms with Crippen LogP contribution in [-0.2, 0) is 33.4 Å². The van der Waals surface area contributed by atoms with Crippen molar-refractivity contribution in [1.82, 2.24) is 0 Å². The molecule has 8 nitrogen and oxygen atoms in total. The Morgan fingerprint density at radius 2 is 1.88 bits per heavy atom. The predicted octanol–water partition coefficient (Wildman–Crippen LogP) is 1.97. The van der Waals surface area contributed by atoms with Crippen molar-refractivity contribution in [3.63, 3.8) is 0 Å². The third kappa shape index (κ3) is 2.91. The van der Waals surface area contributed by atoms with E-state index in [1.807, 2.05) is 13.8 Å². The number of cyclic esters (lactones) is 1. The lowest BCUT2D eigenvalue weighted by Crippen LogP contribution is -2.71. The van der Waals surface area contributed by atoms with E-state index in [9.17, 15) is 24.3 Å². The zero-order valence-electron chi connectivity index (χ0n) is 19.1. The first-order valence-corrected chi connectivity index (χ1v) is 11.3. The summed E-state index contributed by atoms with van der Waals surface area (Å²) in [6.45, 7) is 10.5. The third-order valence-corrected chi connectivity index (χ3v) is 8.59. The lowest BCUT2D eigenvalue weighted by Gasteiger charge is -2.63. The highest BCUT2D eigenvalue weighted by molar-refractivity contribution is 5.83. The summed E-state index contributed by atoms with van der Waals surface area (Å²) >= 11 is 0. The van der Waals surface area contributed by atoms with E-state index in [0.29, 0.717) is 31.3 Å². The number of aliphatic hydroxyl groups is 1. The molecule has 1 N–H and O–H groups in total. The van der Waals surface area contributed by atoms with Gasteiger partial charge in [-0.25, -0.2) is 0 Å². The summed E-state index contributed by atoms with van der Waals surface area (Å²) in [5.41, 5.74) is -2.42. The Labute approximate surface area is 187 Å². The molecule has 32 heavy (non-hydrogen) atoms. The van der Waals surface area contributed by atoms with E-state index in [1.54, 1.807) is 0 Å². The summed E-state index contributed by atoms with van der Waals surface area (Å²) in [5.74, 6) is -3.29. The second-order valence-electron chi connectivity index (χ2n) is 10.7. The number of fused-ring (bicyclic) bond motifs is 2. The van der Waals surface area contributed by atoms with E-state index in [-0.39, 0.29) is 12.5 Å². The number of carbonyl (C=O) groups excluding carboxylic acids is 4. The molecule has 0 aromatic heterocycles. The molecule has 0 aromatic carbocycles. The van der Waals surface area contributed by atoms with Crippen molar-refractivity contribution >= 4 is 24.2 Å². The lowest BCUT2D eigenvalue weighted by atomic mass is 9.43. The first-order chi connectivity index (χ1) is 14.9. The molecule has 8 atom stereocenters. The Kier molecular flexibility index (Phi) is 5.31. The molecule has 4 aliphatic rings. The molecule has 1 heterocycles. The molecule has 0 amide bonds. The van der Waals surface area contributed by atoms with E-state index in [0.717, 1.165) is 6.29 Å². The van der Waals surface area contributed by atoms with Gasteiger partial charge in [-0.2, -0.15) is 0 Å². The molecule has 0 aromatic rings. The molecule has 2 spiro atoms. The first kappa shape index (κ1) is 23.0. The second-order valence-corrected chi connectivity index (χ2v) is 10.7. The van der Waals surface area contributed by atoms with E-state index in [2.05, 4.69) is 6.58 Å². The summed E-state index contributed by atoms with van der Waals surface area (Å²) in [6, 6.07) is 0. The zero-order chi connectivity index (χ0) is 23.6. The van der Waals surface area contributed by atoms with Crippen molar-refractivity contribution in [2.24, 2.45) is 34.0 Å². The topological polar surface area (TPSA) is 116 Å². The molecule has 176 valence electrons. The number of hydrogen-bond donors (Lipinski definition) is 1. The summed E-state index contributed by atoms with van der Waals surface area (Å²) in [5, 5.41) is 11.5. The van der Waals surface area contributed by atoms with Gasteiger partial charge >= 0.3 is 17.9 Å². The molecule has 4 fully saturated rings. The number of hydrogen-bond acceptors (Lipinski definition) is 8. The summed E-state index contributed by atoms with van der Waals surface area (Å²) in [6.07, 6.45) is -0.0798. The van der Waals surface area contributed by atoms with Crippen LogP contribution in [0.4, 0.5) is 0 Å². The Morgan fingerprint density at radius 3 is 2.47 bits per heavy atom. The first-order valence-electron chi connectivity index (χ1n) is 11.3. The van der Waals surface area contributed by atoms with E-state index in [4.69, 9.17) is 14.2 Å². The molecule has 8 heteroatoms. The van der Waals surface area contributed by atoms with Crippen molar-refractivity contribution in [1.29, 1.82) is 0 Å². The van der Waals surface area contributed by atoms with Gasteiger partial charge in [0.25, 0.3) is 0 Å². The highest BCUT2D eigenvalue weighted by Crippen LogP contribution is 2.69. The SMILES string of the molecule is C=C1C2CC(O)C3C(C2)(C(=O)OCC32C(OC(C)=O)CCC(C)(C)C2C=O)C1OC(C)=O. The maximum absolute atomic E-state index is 13.4. The van der Waals surface area contributed by atoms with Gasteiger partial charge in [0, 0.05) is 25.7 Å². The fourth-order valence-corrected chi connectivity index (χ4v) is 7.51. The number of aldehydes is 1. The maximum Gasteiger partial charge on any atom is 0.316 e. The minimum atomic E-state index is -1.38. The Balaban J connectivity index is 1.96. The van der Waals surface area contributed by atoms with Gasteiger partial charge < -0.3 is 24.1 Å². The van der Waals surface area contributed by atoms with Gasteiger partial charge in [0.2, 0.25) is 0 Å². The molecule has 0 radical (unpaired) electrons. The third-order valence-electron chi connectivity index (χ3n) is 8.59. The molecule has 2 bridgehead atoms. The minimum absolute atomic E-state index is 0.149. The van der Waals surface area contributed by atoms with Gasteiger partial charge in [-0.05, 0) is 42.6 Å². The molecule has 3 saturated carbocycles. The van der Waals surface area contributed by atoms with Gasteiger partial charge in [-0.15, -0.1) is 0 Å². The molecule has 1 aliphatic heterocycles. The van der Waals surface area contributed by atoms with Crippen molar-refractivity contribution in [3.05, 3.63) is 12.2 Å². The van der Waals surface area contributed by atoms with Crippen LogP contribution in [0.25, 0.3) is 0 Å². The predicted molar refractivity (Wildman–Crippen MR) is 111 cm³/mol. The molecule has 3 aliphatic carbocycles. The Bertz CT molecular complexity index is 877. The fraction of sp³-hybridized carbons (Fsp3) is 0.750. The largest absolute Gasteiger partial charge is 0.464 e. The highest BCUT2D eigenvalue weighted by Gasteiger charge is 2.77. The van der Waals surface area contributed by atoms with Crippen LogP contribution in [0.1, 0.15) is 53.4 Å². The quantitative estimate of drug-likeness (QED) is 0.302. The van der Waals surface area contributed by atoms with Crippen LogP contribution in [0.2, 0.25) is 0 Å². The van der Waals surface area contributed by atoms with E-state index < -0.39 is 64.3 Å². The van der Waals surface area contributed by atoms with Gasteiger partial charge in [0.1, 0.15) is 30.5 Å². The summed E-state index contributed by atoms with van der Waals surface area (Å²) in [4.78, 5) is 50.1. The zero-order valence-corrected chi connectivity index (χ0v) is 19.1. The van der Waals surface area contributed by atoms with E-state index >= 15 is 0 Å². The number of rotatable bonds is 3. The van der Waals surface area contributed by atoms with Crippen LogP contribution in [0.15, 0.2) is 12.2 Å². The van der Waals surface area contributed by atoms with Gasteiger partial charge in [-0.3, -0.25) is 14.4 Å². The molecular formula is C24H32O8. The van der Waals surface area contributed by atoms with Gasteiger partial charge in [-0.1, -0.05) is 20.4 Å². The van der Waals surface area contributed by atoms with Crippen LogP contribution in [0, 0.1) is 34.0 Å². The maximum atomic E-state index is 13.4. The molecule has 8 unspecified atom stereocenters. The number of esters is 3. The Morgan fingerprint density at radius 1 is 1.22 bits per heavy atom. The van der Waals surface area contributed by atoms with Crippen LogP contribution < -0.4 is 0 Å². The van der Waals surface area contributed by atoms with Crippen molar-refractivity contribution in [2.75, 3.05) is 6.61 Å². The number of carbonyl (C=O) groups is 4. The highest BCUT2D eigenvalue weighted by atomic mass is 16.6. The van der Waals surface area contributed by atoms with Crippen molar-refractivity contribution in [2.45, 2.75) is 71.7 Å². The van der Waals surface area contributed by atoms with Crippen molar-refractivity contribution < 1.29 is 38.5 Å². The molecule has 4 rings (SSSR count). The van der Waals surface area contributed by atoms with E-state index in [1.165, 1.54) is 13.8 Å². The standard InChI is InChI=1S/C24H32O8/c1-12-15-8-16(28)19-23(9-15,20(12)32-14(3)27)21(29)30-11-24(19)17(10-25)22(4,5)7-6-18(24)31-13(2)26/h10,15-20,28H,1,6-9,11H2,2-5H3.